The van der Waals surface area contributed by atoms with Crippen molar-refractivity contribution in [3.05, 3.63) is 83.7 Å². The minimum Gasteiger partial charge on any atom is -0.491 e. The number of carbonyl (C=O) groups is 1. The Morgan fingerprint density at radius 3 is 2.77 bits per heavy atom. The van der Waals surface area contributed by atoms with Crippen LogP contribution in [0.3, 0.4) is 0 Å². The summed E-state index contributed by atoms with van der Waals surface area (Å²) in [4.78, 5) is 25.5. The first kappa shape index (κ1) is 21.7. The van der Waals surface area contributed by atoms with Crippen molar-refractivity contribution < 1.29 is 9.53 Å². The van der Waals surface area contributed by atoms with E-state index in [2.05, 4.69) is 63.4 Å². The predicted octanol–water partition coefficient (Wildman–Crippen LogP) is 5.56. The summed E-state index contributed by atoms with van der Waals surface area (Å²) in [5.41, 5.74) is 6.56. The third-order valence-electron chi connectivity index (χ3n) is 7.18. The summed E-state index contributed by atoms with van der Waals surface area (Å²) in [5, 5.41) is 0. The lowest BCUT2D eigenvalue weighted by Gasteiger charge is -2.31. The van der Waals surface area contributed by atoms with Crippen LogP contribution in [0.25, 0.3) is 22.2 Å². The van der Waals surface area contributed by atoms with Crippen LogP contribution in [-0.4, -0.2) is 51.5 Å². The van der Waals surface area contributed by atoms with Gasteiger partial charge in [-0.15, -0.1) is 0 Å². The number of urea groups is 1. The molecular weight excluding hydrogens is 436 g/mol. The fraction of sp³-hybridized carbons (Fsp3) is 0.310. The second kappa shape index (κ2) is 9.10. The molecule has 35 heavy (non-hydrogen) atoms. The SMILES string of the molecule is Cc1nc2ccc(-c3ccc4c(c3)CN(C(=O)N3CCCC3Cc3ccccc3)CCO4)cc2[nH]1. The van der Waals surface area contributed by atoms with Crippen LogP contribution >= 0.6 is 0 Å². The van der Waals surface area contributed by atoms with Crippen molar-refractivity contribution in [2.24, 2.45) is 0 Å². The van der Waals surface area contributed by atoms with Gasteiger partial charge in [0.05, 0.1) is 24.1 Å². The average molecular weight is 467 g/mol. The number of fused-ring (bicyclic) bond motifs is 2. The number of aryl methyl sites for hydroxylation is 1. The number of aromatic nitrogens is 2. The van der Waals surface area contributed by atoms with Crippen molar-refractivity contribution >= 4 is 17.1 Å². The van der Waals surface area contributed by atoms with E-state index in [1.807, 2.05) is 30.0 Å². The van der Waals surface area contributed by atoms with Crippen molar-refractivity contribution in [1.82, 2.24) is 19.8 Å². The van der Waals surface area contributed by atoms with Gasteiger partial charge in [0.25, 0.3) is 0 Å². The third-order valence-corrected chi connectivity index (χ3v) is 7.18. The number of imidazole rings is 1. The highest BCUT2D eigenvalue weighted by Gasteiger charge is 2.33. The first-order valence-electron chi connectivity index (χ1n) is 12.5. The fourth-order valence-electron chi connectivity index (χ4n) is 5.42. The zero-order chi connectivity index (χ0) is 23.8. The summed E-state index contributed by atoms with van der Waals surface area (Å²) in [6.07, 6.45) is 3.03. The molecule has 3 heterocycles. The van der Waals surface area contributed by atoms with Gasteiger partial charge in [-0.3, -0.25) is 0 Å². The number of rotatable bonds is 3. The molecule has 0 bridgehead atoms. The van der Waals surface area contributed by atoms with Gasteiger partial charge in [-0.05, 0) is 67.1 Å². The number of amides is 2. The number of hydrogen-bond donors (Lipinski definition) is 1. The van der Waals surface area contributed by atoms with Crippen molar-refractivity contribution in [2.45, 2.75) is 38.8 Å². The van der Waals surface area contributed by atoms with E-state index in [0.29, 0.717) is 19.7 Å². The molecule has 0 aliphatic carbocycles. The van der Waals surface area contributed by atoms with Gasteiger partial charge in [0.1, 0.15) is 18.2 Å². The van der Waals surface area contributed by atoms with Crippen molar-refractivity contribution in [1.29, 1.82) is 0 Å². The second-order valence-corrected chi connectivity index (χ2v) is 9.61. The largest absolute Gasteiger partial charge is 0.491 e. The first-order chi connectivity index (χ1) is 17.1. The quantitative estimate of drug-likeness (QED) is 0.430. The maximum Gasteiger partial charge on any atom is 0.320 e. The molecule has 4 aromatic rings. The Balaban J connectivity index is 1.23. The van der Waals surface area contributed by atoms with Crippen LogP contribution in [0.4, 0.5) is 4.79 Å². The van der Waals surface area contributed by atoms with Gasteiger partial charge in [0.15, 0.2) is 0 Å². The van der Waals surface area contributed by atoms with E-state index in [0.717, 1.165) is 65.1 Å². The Bertz CT molecular complexity index is 1360. The van der Waals surface area contributed by atoms with E-state index in [4.69, 9.17) is 4.74 Å². The maximum absolute atomic E-state index is 13.7. The monoisotopic (exact) mass is 466 g/mol. The molecule has 1 aromatic heterocycles. The molecule has 2 aliphatic heterocycles. The Morgan fingerprint density at radius 1 is 1.06 bits per heavy atom. The van der Waals surface area contributed by atoms with Gasteiger partial charge in [0, 0.05) is 18.2 Å². The minimum absolute atomic E-state index is 0.125. The lowest BCUT2D eigenvalue weighted by molar-refractivity contribution is 0.141. The van der Waals surface area contributed by atoms with Crippen LogP contribution in [0.15, 0.2) is 66.7 Å². The molecule has 1 saturated heterocycles. The zero-order valence-electron chi connectivity index (χ0n) is 20.0. The van der Waals surface area contributed by atoms with E-state index < -0.39 is 0 Å². The molecule has 1 atom stereocenters. The molecule has 0 saturated carbocycles. The number of nitrogens with zero attached hydrogens (tertiary/aromatic N) is 3. The highest BCUT2D eigenvalue weighted by Crippen LogP contribution is 2.32. The molecular formula is C29H30N4O2. The van der Waals surface area contributed by atoms with Crippen LogP contribution in [0.2, 0.25) is 0 Å². The maximum atomic E-state index is 13.7. The molecule has 1 N–H and O–H groups in total. The van der Waals surface area contributed by atoms with E-state index in [9.17, 15) is 4.79 Å². The summed E-state index contributed by atoms with van der Waals surface area (Å²) in [7, 11) is 0. The predicted molar refractivity (Wildman–Crippen MR) is 137 cm³/mol. The Kier molecular flexibility index (Phi) is 5.64. The van der Waals surface area contributed by atoms with E-state index in [-0.39, 0.29) is 12.1 Å². The summed E-state index contributed by atoms with van der Waals surface area (Å²) >= 11 is 0. The van der Waals surface area contributed by atoms with Crippen LogP contribution in [0.5, 0.6) is 5.75 Å². The molecule has 2 aliphatic rings. The minimum atomic E-state index is 0.125. The number of hydrogen-bond acceptors (Lipinski definition) is 3. The molecule has 1 unspecified atom stereocenters. The normalized spacial score (nSPS) is 17.8. The molecule has 0 spiro atoms. The second-order valence-electron chi connectivity index (χ2n) is 9.61. The topological polar surface area (TPSA) is 61.5 Å². The van der Waals surface area contributed by atoms with Crippen molar-refractivity contribution in [2.75, 3.05) is 19.7 Å². The number of nitrogens with one attached hydrogen (secondary N) is 1. The average Bonchev–Trinajstić information content (AvgIpc) is 3.42. The molecule has 6 rings (SSSR count). The number of likely N-dealkylation sites (tertiary alicyclic amines) is 1. The summed E-state index contributed by atoms with van der Waals surface area (Å²) in [5.74, 6) is 1.78. The van der Waals surface area contributed by atoms with Crippen molar-refractivity contribution in [3.8, 4) is 16.9 Å². The number of carbonyl (C=O) groups excluding carboxylic acids is 1. The van der Waals surface area contributed by atoms with Gasteiger partial charge < -0.3 is 19.5 Å². The van der Waals surface area contributed by atoms with E-state index in [1.54, 1.807) is 0 Å². The number of aromatic amines is 1. The smallest absolute Gasteiger partial charge is 0.320 e. The van der Waals surface area contributed by atoms with Gasteiger partial charge in [-0.1, -0.05) is 42.5 Å². The number of ether oxygens (including phenoxy) is 1. The Morgan fingerprint density at radius 2 is 1.89 bits per heavy atom. The standard InChI is InChI=1S/C29H30N4O2/c1-20-30-26-11-9-23(18-27(26)31-20)22-10-12-28-24(17-22)19-32(14-15-35-28)29(34)33-13-5-8-25(33)16-21-6-3-2-4-7-21/h2-4,6-7,9-12,17-18,25H,5,8,13-16,19H2,1H3,(H,30,31). The molecule has 6 nitrogen and oxygen atoms in total. The van der Waals surface area contributed by atoms with Crippen molar-refractivity contribution in [3.63, 3.8) is 0 Å². The third kappa shape index (κ3) is 4.36. The van der Waals surface area contributed by atoms with E-state index in [1.165, 1.54) is 5.56 Å². The highest BCUT2D eigenvalue weighted by atomic mass is 16.5. The van der Waals surface area contributed by atoms with Crippen LogP contribution < -0.4 is 4.74 Å². The fourth-order valence-corrected chi connectivity index (χ4v) is 5.42. The van der Waals surface area contributed by atoms with Gasteiger partial charge >= 0.3 is 6.03 Å². The van der Waals surface area contributed by atoms with Gasteiger partial charge in [-0.2, -0.15) is 0 Å². The molecule has 178 valence electrons. The molecule has 3 aromatic carbocycles. The summed E-state index contributed by atoms with van der Waals surface area (Å²) in [6.45, 7) is 4.45. The molecule has 0 radical (unpaired) electrons. The van der Waals surface area contributed by atoms with Gasteiger partial charge in [0.2, 0.25) is 0 Å². The lowest BCUT2D eigenvalue weighted by Crippen LogP contribution is -2.46. The Hall–Kier alpha value is -3.80. The highest BCUT2D eigenvalue weighted by molar-refractivity contribution is 5.82. The van der Waals surface area contributed by atoms with Crippen LogP contribution in [-0.2, 0) is 13.0 Å². The molecule has 1 fully saturated rings. The zero-order valence-corrected chi connectivity index (χ0v) is 20.0. The van der Waals surface area contributed by atoms with Crippen LogP contribution in [0, 0.1) is 6.92 Å². The summed E-state index contributed by atoms with van der Waals surface area (Å²) in [6, 6.07) is 23.4. The van der Waals surface area contributed by atoms with Crippen LogP contribution in [0.1, 0.15) is 29.8 Å². The molecule has 2 amide bonds. The van der Waals surface area contributed by atoms with E-state index >= 15 is 0 Å². The lowest BCUT2D eigenvalue weighted by atomic mass is 10.0. The number of benzene rings is 3. The number of H-pyrrole nitrogens is 1. The first-order valence-corrected chi connectivity index (χ1v) is 12.5. The summed E-state index contributed by atoms with van der Waals surface area (Å²) < 4.78 is 6.05. The Labute approximate surface area is 205 Å². The van der Waals surface area contributed by atoms with Gasteiger partial charge in [-0.25, -0.2) is 9.78 Å². The molecule has 6 heteroatoms.